The first-order valence-electron chi connectivity index (χ1n) is 5.00. The molecule has 0 aromatic carbocycles. The first-order valence-corrected chi connectivity index (χ1v) is 5.00. The van der Waals surface area contributed by atoms with Gasteiger partial charge >= 0.3 is 5.97 Å². The molecule has 0 saturated heterocycles. The highest BCUT2D eigenvalue weighted by Gasteiger charge is 2.13. The minimum Gasteiger partial charge on any atom is -0.508 e. The average Bonchev–Trinajstić information content (AvgIpc) is 2.79. The molecule has 0 aliphatic carbocycles. The van der Waals surface area contributed by atoms with Gasteiger partial charge in [0.25, 0.3) is 5.56 Å². The second-order valence-corrected chi connectivity index (χ2v) is 3.49. The molecular formula is C10H9N3O5. The Bertz CT molecular complexity index is 617. The van der Waals surface area contributed by atoms with Gasteiger partial charge in [-0.15, -0.1) is 0 Å². The number of aromatic carboxylic acids is 1. The molecule has 0 unspecified atom stereocenters. The molecule has 2 aromatic rings. The second-order valence-electron chi connectivity index (χ2n) is 3.49. The monoisotopic (exact) mass is 251 g/mol. The minimum absolute atomic E-state index is 0.0836. The van der Waals surface area contributed by atoms with Crippen molar-refractivity contribution in [1.29, 1.82) is 0 Å². The number of aromatic nitrogens is 3. The predicted octanol–water partition coefficient (Wildman–Crippen LogP) is -0.122. The number of hydrogen-bond donors (Lipinski definition) is 2. The number of aryl methyl sites for hydroxylation is 1. The number of carboxylic acids is 1. The lowest BCUT2D eigenvalue weighted by molar-refractivity contribution is 0.0682. The minimum atomic E-state index is -1.30. The van der Waals surface area contributed by atoms with Crippen LogP contribution in [-0.4, -0.2) is 30.9 Å². The summed E-state index contributed by atoms with van der Waals surface area (Å²) in [5.41, 5.74) is -0.889. The van der Waals surface area contributed by atoms with Crippen LogP contribution in [0.25, 0.3) is 0 Å². The van der Waals surface area contributed by atoms with E-state index < -0.39 is 11.5 Å². The molecule has 0 fully saturated rings. The summed E-state index contributed by atoms with van der Waals surface area (Å²) in [6, 6.07) is 1.96. The lowest BCUT2D eigenvalue weighted by Gasteiger charge is -2.08. The summed E-state index contributed by atoms with van der Waals surface area (Å²) < 4.78 is 5.55. The van der Waals surface area contributed by atoms with E-state index in [1.165, 1.54) is 0 Å². The van der Waals surface area contributed by atoms with Gasteiger partial charge in [0, 0.05) is 25.1 Å². The lowest BCUT2D eigenvalue weighted by Crippen LogP contribution is -2.26. The lowest BCUT2D eigenvalue weighted by atomic mass is 10.3. The number of nitrogens with zero attached hydrogens (tertiary/aromatic N) is 3. The Morgan fingerprint density at radius 1 is 1.44 bits per heavy atom. The van der Waals surface area contributed by atoms with E-state index in [9.17, 15) is 14.7 Å². The van der Waals surface area contributed by atoms with Crippen LogP contribution < -0.4 is 5.56 Å². The third kappa shape index (κ3) is 2.37. The third-order valence-corrected chi connectivity index (χ3v) is 2.30. The van der Waals surface area contributed by atoms with Gasteiger partial charge in [-0.2, -0.15) is 4.98 Å². The molecule has 8 heteroatoms. The zero-order chi connectivity index (χ0) is 13.1. The molecule has 0 saturated carbocycles. The number of hydrogen-bond acceptors (Lipinski definition) is 6. The van der Waals surface area contributed by atoms with Gasteiger partial charge in [0.1, 0.15) is 11.4 Å². The van der Waals surface area contributed by atoms with Crippen molar-refractivity contribution in [3.8, 4) is 5.75 Å². The van der Waals surface area contributed by atoms with Crippen molar-refractivity contribution in [3.63, 3.8) is 0 Å². The quantitative estimate of drug-likeness (QED) is 0.777. The first kappa shape index (κ1) is 11.8. The van der Waals surface area contributed by atoms with Gasteiger partial charge < -0.3 is 19.3 Å². The van der Waals surface area contributed by atoms with Crippen LogP contribution in [0.4, 0.5) is 0 Å². The van der Waals surface area contributed by atoms with Crippen LogP contribution in [0.1, 0.15) is 16.3 Å². The highest BCUT2D eigenvalue weighted by Crippen LogP contribution is 2.09. The Labute approximate surface area is 100 Å². The van der Waals surface area contributed by atoms with Gasteiger partial charge in [0.2, 0.25) is 6.39 Å². The number of rotatable bonds is 4. The average molecular weight is 251 g/mol. The highest BCUT2D eigenvalue weighted by atomic mass is 16.5. The van der Waals surface area contributed by atoms with Crippen molar-refractivity contribution in [1.82, 2.24) is 14.7 Å². The van der Waals surface area contributed by atoms with E-state index in [1.807, 2.05) is 0 Å². The molecule has 0 aliphatic rings. The van der Waals surface area contributed by atoms with Gasteiger partial charge in [-0.1, -0.05) is 5.16 Å². The van der Waals surface area contributed by atoms with E-state index in [1.54, 1.807) is 0 Å². The molecule has 0 amide bonds. The van der Waals surface area contributed by atoms with Crippen molar-refractivity contribution < 1.29 is 19.5 Å². The van der Waals surface area contributed by atoms with Crippen LogP contribution in [0, 0.1) is 0 Å². The van der Waals surface area contributed by atoms with Crippen molar-refractivity contribution in [2.45, 2.75) is 13.0 Å². The molecule has 2 rings (SSSR count). The van der Waals surface area contributed by atoms with Gasteiger partial charge in [0.15, 0.2) is 5.82 Å². The normalized spacial score (nSPS) is 10.4. The highest BCUT2D eigenvalue weighted by molar-refractivity contribution is 5.86. The van der Waals surface area contributed by atoms with Crippen LogP contribution in [-0.2, 0) is 13.0 Å². The van der Waals surface area contributed by atoms with Crippen LogP contribution in [0.3, 0.4) is 0 Å². The molecule has 0 aliphatic heterocycles. The Balaban J connectivity index is 2.31. The summed E-state index contributed by atoms with van der Waals surface area (Å²) in [7, 11) is 0. The molecule has 2 N–H and O–H groups in total. The molecule has 8 nitrogen and oxygen atoms in total. The zero-order valence-electron chi connectivity index (χ0n) is 9.11. The van der Waals surface area contributed by atoms with E-state index >= 15 is 0 Å². The molecule has 18 heavy (non-hydrogen) atoms. The number of pyridine rings is 1. The Kier molecular flexibility index (Phi) is 3.09. The molecule has 2 aromatic heterocycles. The Hall–Kier alpha value is -2.64. The first-order chi connectivity index (χ1) is 8.58. The van der Waals surface area contributed by atoms with Crippen LogP contribution >= 0.6 is 0 Å². The van der Waals surface area contributed by atoms with Gasteiger partial charge in [-0.05, 0) is 0 Å². The van der Waals surface area contributed by atoms with Crippen molar-refractivity contribution >= 4 is 5.97 Å². The second kappa shape index (κ2) is 4.70. The topological polar surface area (TPSA) is 118 Å². The number of carbonyl (C=O) groups is 1. The Morgan fingerprint density at radius 2 is 2.22 bits per heavy atom. The van der Waals surface area contributed by atoms with Crippen molar-refractivity contribution in [3.05, 3.63) is 40.4 Å². The summed E-state index contributed by atoms with van der Waals surface area (Å²) in [6.45, 7) is 0.0836. The standard InChI is InChI=1S/C10H9N3O5/c14-6-3-7(10(16)17)13(9(15)4-6)2-1-8-11-5-18-12-8/h3-5,14H,1-2H2,(H,16,17). The molecule has 0 radical (unpaired) electrons. The summed E-state index contributed by atoms with van der Waals surface area (Å²) in [4.78, 5) is 26.3. The molecule has 0 atom stereocenters. The largest absolute Gasteiger partial charge is 0.508 e. The fourth-order valence-corrected chi connectivity index (χ4v) is 1.51. The maximum Gasteiger partial charge on any atom is 0.352 e. The maximum absolute atomic E-state index is 11.6. The smallest absolute Gasteiger partial charge is 0.352 e. The molecule has 0 bridgehead atoms. The van der Waals surface area contributed by atoms with E-state index in [4.69, 9.17) is 5.11 Å². The fraction of sp³-hybridized carbons (Fsp3) is 0.200. The zero-order valence-corrected chi connectivity index (χ0v) is 9.11. The number of carboxylic acid groups (broad SMARTS) is 1. The molecular weight excluding hydrogens is 242 g/mol. The molecule has 0 spiro atoms. The van der Waals surface area contributed by atoms with Crippen LogP contribution in [0.2, 0.25) is 0 Å². The van der Waals surface area contributed by atoms with E-state index in [2.05, 4.69) is 14.7 Å². The van der Waals surface area contributed by atoms with Gasteiger partial charge in [-0.3, -0.25) is 4.79 Å². The van der Waals surface area contributed by atoms with Crippen molar-refractivity contribution in [2.24, 2.45) is 0 Å². The Morgan fingerprint density at radius 3 is 2.83 bits per heavy atom. The predicted molar refractivity (Wildman–Crippen MR) is 57.3 cm³/mol. The number of aromatic hydroxyl groups is 1. The van der Waals surface area contributed by atoms with E-state index in [0.717, 1.165) is 23.1 Å². The summed E-state index contributed by atoms with van der Waals surface area (Å²) >= 11 is 0. The van der Waals surface area contributed by atoms with Crippen LogP contribution in [0.5, 0.6) is 5.75 Å². The third-order valence-electron chi connectivity index (χ3n) is 2.30. The summed E-state index contributed by atoms with van der Waals surface area (Å²) in [5.74, 6) is -1.31. The summed E-state index contributed by atoms with van der Waals surface area (Å²) in [5, 5.41) is 21.7. The SMILES string of the molecule is O=C(O)c1cc(O)cc(=O)n1CCc1ncon1. The summed E-state index contributed by atoms with van der Waals surface area (Å²) in [6.07, 6.45) is 1.40. The van der Waals surface area contributed by atoms with E-state index in [-0.39, 0.29) is 24.4 Å². The maximum atomic E-state index is 11.6. The fourth-order valence-electron chi connectivity index (χ4n) is 1.51. The van der Waals surface area contributed by atoms with Crippen LogP contribution in [0.15, 0.2) is 27.8 Å². The molecule has 2 heterocycles. The van der Waals surface area contributed by atoms with Crippen molar-refractivity contribution in [2.75, 3.05) is 0 Å². The van der Waals surface area contributed by atoms with Gasteiger partial charge in [-0.25, -0.2) is 4.79 Å². The van der Waals surface area contributed by atoms with Gasteiger partial charge in [0.05, 0.1) is 0 Å². The van der Waals surface area contributed by atoms with E-state index in [0.29, 0.717) is 5.82 Å². The molecule has 94 valence electrons.